The van der Waals surface area contributed by atoms with Gasteiger partial charge < -0.3 is 11.1 Å². The number of nitrogen functional groups attached to an aromatic ring is 1. The molecule has 0 aliphatic carbocycles. The van der Waals surface area contributed by atoms with Crippen molar-refractivity contribution in [2.75, 3.05) is 11.1 Å². The first-order chi connectivity index (χ1) is 6.99. The highest BCUT2D eigenvalue weighted by Crippen LogP contribution is 2.22. The lowest BCUT2D eigenvalue weighted by molar-refractivity contribution is -0.116. The summed E-state index contributed by atoms with van der Waals surface area (Å²) >= 11 is 5.83. The number of nitrogens with one attached hydrogen (secondary N) is 1. The first-order valence-corrected chi connectivity index (χ1v) is 5.21. The molecule has 3 nitrogen and oxygen atoms in total. The predicted octanol–water partition coefficient (Wildman–Crippen LogP) is 2.91. The Balaban J connectivity index is 2.65. The number of benzene rings is 1. The Hall–Kier alpha value is -1.22. The third-order valence-electron chi connectivity index (χ3n) is 1.88. The molecular weight excluding hydrogens is 212 g/mol. The van der Waals surface area contributed by atoms with Crippen molar-refractivity contribution in [3.8, 4) is 0 Å². The smallest absolute Gasteiger partial charge is 0.224 e. The molecule has 0 aliphatic heterocycles. The summed E-state index contributed by atoms with van der Waals surface area (Å²) in [5.41, 5.74) is 6.75. The highest BCUT2D eigenvalue weighted by molar-refractivity contribution is 6.33. The van der Waals surface area contributed by atoms with E-state index in [2.05, 4.69) is 5.32 Å². The molecule has 0 atom stereocenters. The van der Waals surface area contributed by atoms with Crippen molar-refractivity contribution in [2.45, 2.75) is 20.3 Å². The van der Waals surface area contributed by atoms with E-state index in [0.717, 1.165) is 0 Å². The molecule has 82 valence electrons. The van der Waals surface area contributed by atoms with Crippen LogP contribution < -0.4 is 11.1 Å². The molecule has 1 aromatic carbocycles. The Bertz CT molecular complexity index is 364. The molecule has 0 aliphatic rings. The fraction of sp³-hybridized carbons (Fsp3) is 0.364. The van der Waals surface area contributed by atoms with Crippen molar-refractivity contribution < 1.29 is 4.79 Å². The normalized spacial score (nSPS) is 10.4. The lowest BCUT2D eigenvalue weighted by Gasteiger charge is -2.08. The molecule has 1 aromatic rings. The van der Waals surface area contributed by atoms with Gasteiger partial charge in [0.25, 0.3) is 0 Å². The topological polar surface area (TPSA) is 55.1 Å². The van der Waals surface area contributed by atoms with Gasteiger partial charge in [-0.1, -0.05) is 25.4 Å². The first kappa shape index (κ1) is 11.9. The van der Waals surface area contributed by atoms with Crippen LogP contribution in [0, 0.1) is 5.92 Å². The number of hydrogen-bond donors (Lipinski definition) is 2. The van der Waals surface area contributed by atoms with E-state index >= 15 is 0 Å². The number of hydrogen-bond acceptors (Lipinski definition) is 2. The zero-order chi connectivity index (χ0) is 11.4. The monoisotopic (exact) mass is 226 g/mol. The molecule has 0 radical (unpaired) electrons. The lowest BCUT2D eigenvalue weighted by atomic mass is 10.1. The van der Waals surface area contributed by atoms with E-state index < -0.39 is 0 Å². The largest absolute Gasteiger partial charge is 0.398 e. The number of halogens is 1. The summed E-state index contributed by atoms with van der Waals surface area (Å²) in [6.45, 7) is 3.99. The van der Waals surface area contributed by atoms with Crippen LogP contribution in [0.5, 0.6) is 0 Å². The van der Waals surface area contributed by atoms with Gasteiger partial charge in [0.2, 0.25) is 5.91 Å². The van der Waals surface area contributed by atoms with Crippen LogP contribution in [-0.4, -0.2) is 5.91 Å². The Kier molecular flexibility index (Phi) is 3.97. The average Bonchev–Trinajstić information content (AvgIpc) is 2.10. The zero-order valence-corrected chi connectivity index (χ0v) is 9.64. The Morgan fingerprint density at radius 2 is 2.20 bits per heavy atom. The lowest BCUT2D eigenvalue weighted by Crippen LogP contribution is -2.13. The minimum Gasteiger partial charge on any atom is -0.398 e. The van der Waals surface area contributed by atoms with E-state index in [-0.39, 0.29) is 5.91 Å². The van der Waals surface area contributed by atoms with Gasteiger partial charge in [-0.2, -0.15) is 0 Å². The second-order valence-electron chi connectivity index (χ2n) is 3.88. The summed E-state index contributed by atoms with van der Waals surface area (Å²) in [5, 5.41) is 3.22. The molecule has 0 bridgehead atoms. The van der Waals surface area contributed by atoms with E-state index in [4.69, 9.17) is 17.3 Å². The van der Waals surface area contributed by atoms with E-state index in [0.29, 0.717) is 28.7 Å². The van der Waals surface area contributed by atoms with E-state index in [1.165, 1.54) is 0 Å². The van der Waals surface area contributed by atoms with Gasteiger partial charge >= 0.3 is 0 Å². The van der Waals surface area contributed by atoms with E-state index in [9.17, 15) is 4.79 Å². The first-order valence-electron chi connectivity index (χ1n) is 4.84. The van der Waals surface area contributed by atoms with Crippen molar-refractivity contribution in [3.63, 3.8) is 0 Å². The maximum atomic E-state index is 11.4. The van der Waals surface area contributed by atoms with Gasteiger partial charge in [-0.15, -0.1) is 0 Å². The van der Waals surface area contributed by atoms with Crippen LogP contribution >= 0.6 is 11.6 Å². The molecule has 3 N–H and O–H groups in total. The molecule has 0 spiro atoms. The quantitative estimate of drug-likeness (QED) is 0.779. The maximum absolute atomic E-state index is 11.4. The van der Waals surface area contributed by atoms with Crippen LogP contribution in [0.15, 0.2) is 18.2 Å². The molecule has 4 heteroatoms. The number of anilines is 2. The van der Waals surface area contributed by atoms with Crippen molar-refractivity contribution in [2.24, 2.45) is 5.92 Å². The molecule has 15 heavy (non-hydrogen) atoms. The van der Waals surface area contributed by atoms with Crippen LogP contribution in [0.1, 0.15) is 20.3 Å². The number of rotatable bonds is 3. The highest BCUT2D eigenvalue weighted by atomic mass is 35.5. The molecule has 0 fully saturated rings. The second-order valence-corrected chi connectivity index (χ2v) is 4.29. The minimum atomic E-state index is -0.00848. The maximum Gasteiger partial charge on any atom is 0.224 e. The summed E-state index contributed by atoms with van der Waals surface area (Å²) in [6, 6.07) is 5.06. The Morgan fingerprint density at radius 1 is 1.53 bits per heavy atom. The third-order valence-corrected chi connectivity index (χ3v) is 2.21. The molecule has 0 saturated heterocycles. The van der Waals surface area contributed by atoms with Gasteiger partial charge in [-0.05, 0) is 24.1 Å². The van der Waals surface area contributed by atoms with Gasteiger partial charge in [0.05, 0.1) is 10.7 Å². The minimum absolute atomic E-state index is 0.00848. The summed E-state index contributed by atoms with van der Waals surface area (Å²) in [7, 11) is 0. The van der Waals surface area contributed by atoms with Gasteiger partial charge in [0.15, 0.2) is 0 Å². The van der Waals surface area contributed by atoms with E-state index in [1.807, 2.05) is 13.8 Å². The summed E-state index contributed by atoms with van der Waals surface area (Å²) < 4.78 is 0. The standard InChI is InChI=1S/C11H15ClN2O/c1-7(2)5-11(15)14-8-3-4-10(13)9(12)6-8/h3-4,6-7H,5,13H2,1-2H3,(H,14,15). The summed E-state index contributed by atoms with van der Waals surface area (Å²) in [5.74, 6) is 0.333. The van der Waals surface area contributed by atoms with Crippen molar-refractivity contribution in [1.29, 1.82) is 0 Å². The Morgan fingerprint density at radius 3 is 2.73 bits per heavy atom. The number of nitrogens with two attached hydrogens (primary N) is 1. The van der Waals surface area contributed by atoms with Crippen LogP contribution in [-0.2, 0) is 4.79 Å². The second kappa shape index (κ2) is 5.03. The fourth-order valence-corrected chi connectivity index (χ4v) is 1.37. The highest BCUT2D eigenvalue weighted by Gasteiger charge is 2.06. The van der Waals surface area contributed by atoms with Gasteiger partial charge in [0, 0.05) is 12.1 Å². The average molecular weight is 227 g/mol. The molecule has 0 heterocycles. The molecule has 0 unspecified atom stereocenters. The summed E-state index contributed by atoms with van der Waals surface area (Å²) in [4.78, 5) is 11.4. The fourth-order valence-electron chi connectivity index (χ4n) is 1.19. The predicted molar refractivity (Wildman–Crippen MR) is 63.9 cm³/mol. The molecular formula is C11H15ClN2O. The Labute approximate surface area is 94.6 Å². The molecule has 0 aromatic heterocycles. The van der Waals surface area contributed by atoms with Crippen LogP contribution in [0.4, 0.5) is 11.4 Å². The molecule has 1 rings (SSSR count). The van der Waals surface area contributed by atoms with Crippen molar-refractivity contribution >= 4 is 28.9 Å². The summed E-state index contributed by atoms with van der Waals surface area (Å²) in [6.07, 6.45) is 0.502. The van der Waals surface area contributed by atoms with Crippen LogP contribution in [0.2, 0.25) is 5.02 Å². The van der Waals surface area contributed by atoms with Gasteiger partial charge in [0.1, 0.15) is 0 Å². The molecule has 0 saturated carbocycles. The third kappa shape index (κ3) is 3.80. The number of carbonyl (C=O) groups excluding carboxylic acids is 1. The number of carbonyl (C=O) groups is 1. The van der Waals surface area contributed by atoms with Crippen LogP contribution in [0.3, 0.4) is 0 Å². The SMILES string of the molecule is CC(C)CC(=O)Nc1ccc(N)c(Cl)c1. The van der Waals surface area contributed by atoms with Gasteiger partial charge in [-0.25, -0.2) is 0 Å². The van der Waals surface area contributed by atoms with Crippen molar-refractivity contribution in [3.05, 3.63) is 23.2 Å². The van der Waals surface area contributed by atoms with Gasteiger partial charge in [-0.3, -0.25) is 4.79 Å². The zero-order valence-electron chi connectivity index (χ0n) is 8.88. The van der Waals surface area contributed by atoms with Crippen LogP contribution in [0.25, 0.3) is 0 Å². The molecule has 1 amide bonds. The number of amides is 1. The van der Waals surface area contributed by atoms with E-state index in [1.54, 1.807) is 18.2 Å². The van der Waals surface area contributed by atoms with Crippen molar-refractivity contribution in [1.82, 2.24) is 0 Å².